The molecule has 0 spiro atoms. The molecular weight excluding hydrogens is 337 g/mol. The van der Waals surface area contributed by atoms with Crippen LogP contribution in [0.25, 0.3) is 0 Å². The Hall–Kier alpha value is -1.74. The van der Waals surface area contributed by atoms with Crippen LogP contribution in [-0.2, 0) is 10.9 Å². The SMILES string of the molecule is Cc1cc(C(=O)N2CC[C@@H](N3CCOCC3)[C@H]2C)nc(C(F)(F)F)n1. The molecule has 0 aliphatic carbocycles. The van der Waals surface area contributed by atoms with Crippen molar-refractivity contribution in [1.29, 1.82) is 0 Å². The summed E-state index contributed by atoms with van der Waals surface area (Å²) in [6, 6.07) is 1.42. The number of alkyl halides is 3. The zero-order valence-corrected chi connectivity index (χ0v) is 14.2. The van der Waals surface area contributed by atoms with E-state index in [0.29, 0.717) is 19.8 Å². The van der Waals surface area contributed by atoms with Crippen LogP contribution < -0.4 is 0 Å². The van der Waals surface area contributed by atoms with Crippen molar-refractivity contribution in [2.45, 2.75) is 38.5 Å². The molecule has 2 atom stereocenters. The zero-order chi connectivity index (χ0) is 18.2. The molecule has 2 aliphatic rings. The van der Waals surface area contributed by atoms with E-state index in [1.54, 1.807) is 4.90 Å². The van der Waals surface area contributed by atoms with Crippen molar-refractivity contribution < 1.29 is 22.7 Å². The number of carbonyl (C=O) groups excluding carboxylic acids is 1. The standard InChI is InChI=1S/C16H21F3N4O2/c1-10-9-12(21-15(20-10)16(17,18)19)14(24)23-4-3-13(11(23)2)22-5-7-25-8-6-22/h9,11,13H,3-8H2,1-2H3/t11-,13-/m1/s1. The number of aromatic nitrogens is 2. The van der Waals surface area contributed by atoms with E-state index in [-0.39, 0.29) is 23.5 Å². The summed E-state index contributed by atoms with van der Waals surface area (Å²) in [5.74, 6) is -1.74. The lowest BCUT2D eigenvalue weighted by Gasteiger charge is -2.35. The number of halogens is 3. The summed E-state index contributed by atoms with van der Waals surface area (Å²) < 4.78 is 44.1. The van der Waals surface area contributed by atoms with E-state index in [9.17, 15) is 18.0 Å². The Morgan fingerprint density at radius 2 is 1.92 bits per heavy atom. The molecule has 1 aromatic rings. The van der Waals surface area contributed by atoms with Gasteiger partial charge < -0.3 is 9.64 Å². The van der Waals surface area contributed by atoms with Gasteiger partial charge in [0, 0.05) is 37.4 Å². The van der Waals surface area contributed by atoms with E-state index in [0.717, 1.165) is 19.5 Å². The Balaban J connectivity index is 1.78. The van der Waals surface area contributed by atoms with Gasteiger partial charge in [-0.3, -0.25) is 9.69 Å². The van der Waals surface area contributed by atoms with Crippen LogP contribution in [-0.4, -0.2) is 70.6 Å². The number of amides is 1. The largest absolute Gasteiger partial charge is 0.451 e. The van der Waals surface area contributed by atoms with Gasteiger partial charge in [0.25, 0.3) is 5.91 Å². The summed E-state index contributed by atoms with van der Waals surface area (Å²) in [5.41, 5.74) is -0.0726. The molecule has 9 heteroatoms. The number of morpholine rings is 1. The van der Waals surface area contributed by atoms with Gasteiger partial charge in [-0.1, -0.05) is 0 Å². The van der Waals surface area contributed by atoms with Crippen molar-refractivity contribution in [3.8, 4) is 0 Å². The van der Waals surface area contributed by atoms with Crippen LogP contribution >= 0.6 is 0 Å². The van der Waals surface area contributed by atoms with Gasteiger partial charge in [0.1, 0.15) is 5.69 Å². The number of hydrogen-bond donors (Lipinski definition) is 0. The first-order valence-corrected chi connectivity index (χ1v) is 8.33. The number of hydrogen-bond acceptors (Lipinski definition) is 5. The third kappa shape index (κ3) is 3.77. The lowest BCUT2D eigenvalue weighted by Crippen LogP contribution is -2.49. The molecule has 3 rings (SSSR count). The number of carbonyl (C=O) groups is 1. The lowest BCUT2D eigenvalue weighted by atomic mass is 10.1. The van der Waals surface area contributed by atoms with Crippen molar-refractivity contribution in [3.63, 3.8) is 0 Å². The number of likely N-dealkylation sites (tertiary alicyclic amines) is 1. The summed E-state index contributed by atoms with van der Waals surface area (Å²) >= 11 is 0. The fourth-order valence-electron chi connectivity index (χ4n) is 3.56. The summed E-state index contributed by atoms with van der Waals surface area (Å²) in [7, 11) is 0. The fourth-order valence-corrected chi connectivity index (χ4v) is 3.56. The van der Waals surface area contributed by atoms with Gasteiger partial charge in [-0.25, -0.2) is 9.97 Å². The van der Waals surface area contributed by atoms with Gasteiger partial charge in [0.15, 0.2) is 0 Å². The number of nitrogens with zero attached hydrogens (tertiary/aromatic N) is 4. The maximum Gasteiger partial charge on any atom is 0.451 e. The van der Waals surface area contributed by atoms with Crippen molar-refractivity contribution in [2.24, 2.45) is 0 Å². The second-order valence-electron chi connectivity index (χ2n) is 6.46. The number of aryl methyl sites for hydroxylation is 1. The first-order chi connectivity index (χ1) is 11.8. The Morgan fingerprint density at radius 1 is 1.24 bits per heavy atom. The van der Waals surface area contributed by atoms with E-state index in [1.807, 2.05) is 6.92 Å². The lowest BCUT2D eigenvalue weighted by molar-refractivity contribution is -0.145. The molecule has 3 heterocycles. The van der Waals surface area contributed by atoms with Gasteiger partial charge in [-0.15, -0.1) is 0 Å². The molecule has 1 aromatic heterocycles. The van der Waals surface area contributed by atoms with E-state index in [4.69, 9.17) is 4.74 Å². The first-order valence-electron chi connectivity index (χ1n) is 8.33. The van der Waals surface area contributed by atoms with Crippen LogP contribution in [0.1, 0.15) is 35.4 Å². The van der Waals surface area contributed by atoms with Crippen molar-refractivity contribution in [3.05, 3.63) is 23.3 Å². The summed E-state index contributed by atoms with van der Waals surface area (Å²) in [6.45, 7) is 6.81. The Bertz CT molecular complexity index is 647. The highest BCUT2D eigenvalue weighted by Crippen LogP contribution is 2.28. The van der Waals surface area contributed by atoms with Crippen LogP contribution in [0.3, 0.4) is 0 Å². The Labute approximate surface area is 144 Å². The molecule has 0 saturated carbocycles. The van der Waals surface area contributed by atoms with Gasteiger partial charge in [-0.05, 0) is 26.3 Å². The molecule has 2 fully saturated rings. The average Bonchev–Trinajstić information content (AvgIpc) is 2.95. The number of rotatable bonds is 2. The minimum Gasteiger partial charge on any atom is -0.379 e. The van der Waals surface area contributed by atoms with Crippen molar-refractivity contribution >= 4 is 5.91 Å². The summed E-state index contributed by atoms with van der Waals surface area (Å²) in [4.78, 5) is 23.5. The van der Waals surface area contributed by atoms with Crippen molar-refractivity contribution in [1.82, 2.24) is 19.8 Å². The highest BCUT2D eigenvalue weighted by atomic mass is 19.4. The molecule has 1 amide bonds. The predicted molar refractivity (Wildman–Crippen MR) is 83.1 cm³/mol. The van der Waals surface area contributed by atoms with E-state index >= 15 is 0 Å². The van der Waals surface area contributed by atoms with Gasteiger partial charge in [0.05, 0.1) is 13.2 Å². The van der Waals surface area contributed by atoms with Crippen LogP contribution in [0.2, 0.25) is 0 Å². The average molecular weight is 358 g/mol. The molecule has 2 saturated heterocycles. The minimum atomic E-state index is -4.67. The Morgan fingerprint density at radius 3 is 2.56 bits per heavy atom. The van der Waals surface area contributed by atoms with Crippen LogP contribution in [0.15, 0.2) is 6.07 Å². The highest BCUT2D eigenvalue weighted by Gasteiger charge is 2.40. The molecule has 138 valence electrons. The first kappa shape index (κ1) is 18.1. The van der Waals surface area contributed by atoms with Crippen LogP contribution in [0, 0.1) is 6.92 Å². The van der Waals surface area contributed by atoms with Crippen LogP contribution in [0.4, 0.5) is 13.2 Å². The molecule has 0 aromatic carbocycles. The maximum absolute atomic E-state index is 12.9. The summed E-state index contributed by atoms with van der Waals surface area (Å²) in [5, 5.41) is 0. The van der Waals surface area contributed by atoms with E-state index in [2.05, 4.69) is 14.9 Å². The molecule has 6 nitrogen and oxygen atoms in total. The van der Waals surface area contributed by atoms with E-state index < -0.39 is 17.9 Å². The summed E-state index contributed by atoms with van der Waals surface area (Å²) in [6.07, 6.45) is -3.88. The maximum atomic E-state index is 12.9. The molecule has 0 unspecified atom stereocenters. The zero-order valence-electron chi connectivity index (χ0n) is 14.2. The Kier molecular flexibility index (Phi) is 4.97. The molecule has 0 bridgehead atoms. The molecule has 0 radical (unpaired) electrons. The normalized spacial score (nSPS) is 25.4. The topological polar surface area (TPSA) is 58.6 Å². The van der Waals surface area contributed by atoms with Gasteiger partial charge in [0.2, 0.25) is 5.82 Å². The molecular formula is C16H21F3N4O2. The smallest absolute Gasteiger partial charge is 0.379 e. The third-order valence-corrected chi connectivity index (χ3v) is 4.82. The van der Waals surface area contributed by atoms with Crippen molar-refractivity contribution in [2.75, 3.05) is 32.8 Å². The second-order valence-corrected chi connectivity index (χ2v) is 6.46. The molecule has 25 heavy (non-hydrogen) atoms. The predicted octanol–water partition coefficient (Wildman–Crippen LogP) is 1.74. The van der Waals surface area contributed by atoms with E-state index in [1.165, 1.54) is 13.0 Å². The van der Waals surface area contributed by atoms with Crippen LogP contribution in [0.5, 0.6) is 0 Å². The quantitative estimate of drug-likeness (QED) is 0.806. The minimum absolute atomic E-state index is 0.0878. The van der Waals surface area contributed by atoms with Gasteiger partial charge >= 0.3 is 6.18 Å². The third-order valence-electron chi connectivity index (χ3n) is 4.82. The molecule has 0 N–H and O–H groups in total. The fraction of sp³-hybridized carbons (Fsp3) is 0.688. The van der Waals surface area contributed by atoms with Gasteiger partial charge in [-0.2, -0.15) is 13.2 Å². The number of ether oxygens (including phenoxy) is 1. The second kappa shape index (κ2) is 6.87. The monoisotopic (exact) mass is 358 g/mol. The highest BCUT2D eigenvalue weighted by molar-refractivity contribution is 5.92. The molecule has 2 aliphatic heterocycles.